The van der Waals surface area contributed by atoms with E-state index in [1.807, 2.05) is 48.5 Å². The van der Waals surface area contributed by atoms with Crippen LogP contribution < -0.4 is 4.74 Å². The Morgan fingerprint density at radius 3 is 2.00 bits per heavy atom. The Balaban J connectivity index is 0.000000470. The number of carboxylic acid groups (broad SMARTS) is 1. The molecule has 5 rings (SSSR count). The van der Waals surface area contributed by atoms with Crippen LogP contribution in [0.1, 0.15) is 30.9 Å². The summed E-state index contributed by atoms with van der Waals surface area (Å²) in [6.45, 7) is 0.650. The number of hydrogen-bond acceptors (Lipinski definition) is 7. The van der Waals surface area contributed by atoms with Gasteiger partial charge in [0.1, 0.15) is 11.3 Å². The lowest BCUT2D eigenvalue weighted by Gasteiger charge is -2.44. The number of piperidine rings is 1. The fraction of sp³-hybridized carbons (Fsp3) is 0.429. The van der Waals surface area contributed by atoms with E-state index < -0.39 is 35.5 Å². The number of imide groups is 1. The van der Waals surface area contributed by atoms with Crippen molar-refractivity contribution in [3.05, 3.63) is 54.1 Å². The first-order valence-electron chi connectivity index (χ1n) is 12.6. The molecule has 214 valence electrons. The molecule has 3 aliphatic heterocycles. The molecule has 0 saturated carbocycles. The molecule has 0 aliphatic carbocycles. The Morgan fingerprint density at radius 2 is 1.50 bits per heavy atom. The summed E-state index contributed by atoms with van der Waals surface area (Å²) in [4.78, 5) is 51.8. The van der Waals surface area contributed by atoms with Gasteiger partial charge in [0.25, 0.3) is 0 Å². The summed E-state index contributed by atoms with van der Waals surface area (Å²) in [6, 6.07) is 15.6. The number of ether oxygens (including phenoxy) is 2. The summed E-state index contributed by atoms with van der Waals surface area (Å²) in [5.74, 6) is -4.17. The molecule has 3 aliphatic rings. The van der Waals surface area contributed by atoms with Crippen LogP contribution in [0.2, 0.25) is 0 Å². The highest BCUT2D eigenvalue weighted by Crippen LogP contribution is 2.58. The van der Waals surface area contributed by atoms with Gasteiger partial charge in [-0.25, -0.2) is 4.79 Å². The second kappa shape index (κ2) is 10.9. The topological polar surface area (TPSA) is 113 Å². The number of esters is 1. The molecule has 0 radical (unpaired) electrons. The highest BCUT2D eigenvalue weighted by atomic mass is 19.4. The number of halogens is 3. The van der Waals surface area contributed by atoms with Crippen LogP contribution in [0.25, 0.3) is 11.1 Å². The molecule has 0 unspecified atom stereocenters. The van der Waals surface area contributed by atoms with Crippen LogP contribution in [0.3, 0.4) is 0 Å². The van der Waals surface area contributed by atoms with E-state index >= 15 is 0 Å². The predicted octanol–water partition coefficient (Wildman–Crippen LogP) is 3.68. The van der Waals surface area contributed by atoms with E-state index in [2.05, 4.69) is 4.90 Å². The van der Waals surface area contributed by atoms with Crippen molar-refractivity contribution in [3.63, 3.8) is 0 Å². The van der Waals surface area contributed by atoms with Gasteiger partial charge in [-0.2, -0.15) is 13.2 Å². The van der Waals surface area contributed by atoms with Gasteiger partial charge in [-0.05, 0) is 54.6 Å². The molecule has 3 saturated heterocycles. The average molecular weight is 563 g/mol. The number of benzene rings is 2. The molecule has 2 amide bonds. The summed E-state index contributed by atoms with van der Waals surface area (Å²) < 4.78 is 42.2. The number of nitrogens with zero attached hydrogens (tertiary/aromatic N) is 2. The molecule has 2 aromatic rings. The number of aliphatic carboxylic acids is 1. The molecule has 1 N–H and O–H groups in total. The van der Waals surface area contributed by atoms with Crippen LogP contribution in [0.4, 0.5) is 13.2 Å². The molecule has 2 aromatic carbocycles. The average Bonchev–Trinajstić information content (AvgIpc) is 3.38. The van der Waals surface area contributed by atoms with Crippen LogP contribution in [0.15, 0.2) is 48.5 Å². The van der Waals surface area contributed by atoms with E-state index in [1.165, 1.54) is 19.1 Å². The van der Waals surface area contributed by atoms with Gasteiger partial charge >= 0.3 is 18.1 Å². The van der Waals surface area contributed by atoms with Gasteiger partial charge in [-0.1, -0.05) is 36.4 Å². The monoisotopic (exact) mass is 562 g/mol. The summed E-state index contributed by atoms with van der Waals surface area (Å²) in [6.07, 6.45) is -2.83. The molecule has 12 heteroatoms. The standard InChI is InChI=1S/C26H28N2O5.C2HF3O2/c1-27-23(29)20-21(24(27)30)26(25(31)33-3)14-4-5-15-28(26)22(20)18-8-6-16(7-9-18)17-10-12-19(32-2)13-11-17;3-2(4,5)1(6)7/h6-13,20-22H,4-5,14-15H2,1-3H3;(H,6,7)/t20-,21-,22+,26-;/m0./s1. The van der Waals surface area contributed by atoms with Crippen LogP contribution in [-0.4, -0.2) is 78.2 Å². The van der Waals surface area contributed by atoms with E-state index in [1.54, 1.807) is 7.11 Å². The predicted molar refractivity (Wildman–Crippen MR) is 135 cm³/mol. The highest BCUT2D eigenvalue weighted by Gasteiger charge is 2.72. The summed E-state index contributed by atoms with van der Waals surface area (Å²) in [7, 11) is 4.52. The zero-order chi connectivity index (χ0) is 29.4. The Hall–Kier alpha value is -3.93. The maximum absolute atomic E-state index is 13.2. The van der Waals surface area contributed by atoms with Crippen molar-refractivity contribution < 1.29 is 46.9 Å². The zero-order valence-corrected chi connectivity index (χ0v) is 22.1. The van der Waals surface area contributed by atoms with Gasteiger partial charge in [-0.15, -0.1) is 0 Å². The maximum Gasteiger partial charge on any atom is 0.490 e. The van der Waals surface area contributed by atoms with Gasteiger partial charge in [0.05, 0.1) is 26.1 Å². The minimum atomic E-state index is -5.08. The maximum atomic E-state index is 13.2. The van der Waals surface area contributed by atoms with Gasteiger partial charge < -0.3 is 14.6 Å². The second-order valence-corrected chi connectivity index (χ2v) is 9.90. The van der Waals surface area contributed by atoms with Crippen molar-refractivity contribution in [1.82, 2.24) is 9.80 Å². The van der Waals surface area contributed by atoms with Crippen LogP contribution in [0.5, 0.6) is 5.75 Å². The second-order valence-electron chi connectivity index (χ2n) is 9.90. The third-order valence-electron chi connectivity index (χ3n) is 7.94. The van der Waals surface area contributed by atoms with E-state index in [0.717, 1.165) is 35.3 Å². The van der Waals surface area contributed by atoms with E-state index in [9.17, 15) is 27.6 Å². The van der Waals surface area contributed by atoms with Gasteiger partial charge in [0.15, 0.2) is 0 Å². The molecule has 3 heterocycles. The van der Waals surface area contributed by atoms with E-state index in [0.29, 0.717) is 13.0 Å². The van der Waals surface area contributed by atoms with Crippen molar-refractivity contribution in [1.29, 1.82) is 0 Å². The third-order valence-corrected chi connectivity index (χ3v) is 7.94. The molecule has 3 fully saturated rings. The SMILES string of the molecule is COC(=O)[C@@]12CCCCN1[C@H](c1ccc(-c3ccc(OC)cc3)cc1)[C@H]1C(=O)N(C)C(=O)[C@H]12.O=C(O)C(F)(F)F. The van der Waals surface area contributed by atoms with Crippen molar-refractivity contribution in [3.8, 4) is 16.9 Å². The fourth-order valence-corrected chi connectivity index (χ4v) is 6.16. The number of alkyl halides is 3. The fourth-order valence-electron chi connectivity index (χ4n) is 6.16. The number of carbonyl (C=O) groups excluding carboxylic acids is 3. The first-order chi connectivity index (χ1) is 18.9. The number of hydrogen-bond donors (Lipinski definition) is 1. The van der Waals surface area contributed by atoms with E-state index in [4.69, 9.17) is 19.4 Å². The number of rotatable bonds is 4. The molecule has 0 aromatic heterocycles. The Labute approximate surface area is 228 Å². The van der Waals surface area contributed by atoms with Crippen LogP contribution in [-0.2, 0) is 23.9 Å². The largest absolute Gasteiger partial charge is 0.497 e. The number of amides is 2. The lowest BCUT2D eigenvalue weighted by atomic mass is 9.75. The smallest absolute Gasteiger partial charge is 0.490 e. The Morgan fingerprint density at radius 1 is 0.950 bits per heavy atom. The molecule has 9 nitrogen and oxygen atoms in total. The number of methoxy groups -OCH3 is 2. The lowest BCUT2D eigenvalue weighted by Crippen LogP contribution is -2.59. The molecular weight excluding hydrogens is 533 g/mol. The summed E-state index contributed by atoms with van der Waals surface area (Å²) >= 11 is 0. The summed E-state index contributed by atoms with van der Waals surface area (Å²) in [5.41, 5.74) is 1.95. The van der Waals surface area contributed by atoms with Crippen LogP contribution in [0, 0.1) is 11.8 Å². The van der Waals surface area contributed by atoms with Crippen molar-refractivity contribution in [2.45, 2.75) is 37.0 Å². The van der Waals surface area contributed by atoms with Crippen molar-refractivity contribution >= 4 is 23.8 Å². The van der Waals surface area contributed by atoms with Gasteiger partial charge in [0, 0.05) is 13.1 Å². The Kier molecular flexibility index (Phi) is 7.93. The van der Waals surface area contributed by atoms with Gasteiger partial charge in [-0.3, -0.25) is 24.2 Å². The summed E-state index contributed by atoms with van der Waals surface area (Å²) in [5, 5.41) is 7.12. The Bertz CT molecular complexity index is 1300. The van der Waals surface area contributed by atoms with Gasteiger partial charge in [0.2, 0.25) is 11.8 Å². The number of carboxylic acids is 1. The molecule has 0 spiro atoms. The number of likely N-dealkylation sites (tertiary alicyclic amines) is 1. The highest BCUT2D eigenvalue weighted by molar-refractivity contribution is 6.09. The van der Waals surface area contributed by atoms with Crippen LogP contribution >= 0.6 is 0 Å². The van der Waals surface area contributed by atoms with Crippen molar-refractivity contribution in [2.24, 2.45) is 11.8 Å². The number of carbonyl (C=O) groups is 4. The molecule has 4 atom stereocenters. The molecule has 40 heavy (non-hydrogen) atoms. The van der Waals surface area contributed by atoms with E-state index in [-0.39, 0.29) is 17.9 Å². The third kappa shape index (κ3) is 4.80. The first kappa shape index (κ1) is 29.1. The zero-order valence-electron chi connectivity index (χ0n) is 22.1. The molecule has 0 bridgehead atoms. The normalized spacial score (nSPS) is 25.9. The number of fused-ring (bicyclic) bond motifs is 3. The lowest BCUT2D eigenvalue weighted by molar-refractivity contribution is -0.192. The minimum Gasteiger partial charge on any atom is -0.497 e. The quantitative estimate of drug-likeness (QED) is 0.444. The van der Waals surface area contributed by atoms with Crippen molar-refractivity contribution in [2.75, 3.05) is 27.8 Å². The molecular formula is C28H29F3N2O7. The minimum absolute atomic E-state index is 0.216. The first-order valence-corrected chi connectivity index (χ1v) is 12.6.